The lowest BCUT2D eigenvalue weighted by Crippen LogP contribution is -2.15. The molecule has 2 heterocycles. The number of benzene rings is 1. The Hall–Kier alpha value is -1.30. The molecule has 0 aliphatic carbocycles. The molecular formula is C13H13ClN2O2S. The van der Waals surface area contributed by atoms with Gasteiger partial charge in [0.1, 0.15) is 18.2 Å². The fourth-order valence-corrected chi connectivity index (χ4v) is 3.01. The Balaban J connectivity index is 1.97. The van der Waals surface area contributed by atoms with Gasteiger partial charge in [0.2, 0.25) is 0 Å². The van der Waals surface area contributed by atoms with Crippen molar-refractivity contribution in [2.24, 2.45) is 0 Å². The van der Waals surface area contributed by atoms with Gasteiger partial charge in [-0.1, -0.05) is 11.6 Å². The highest BCUT2D eigenvalue weighted by molar-refractivity contribution is 7.13. The summed E-state index contributed by atoms with van der Waals surface area (Å²) in [5.74, 6) is 1.32. The molecule has 1 N–H and O–H groups in total. The Bertz CT molecular complexity index is 600. The summed E-state index contributed by atoms with van der Waals surface area (Å²) in [7, 11) is 1.90. The number of fused-ring (bicyclic) bond motifs is 1. The van der Waals surface area contributed by atoms with E-state index in [4.69, 9.17) is 21.1 Å². The largest absolute Gasteiger partial charge is 0.486 e. The van der Waals surface area contributed by atoms with Crippen molar-refractivity contribution in [2.45, 2.75) is 6.54 Å². The van der Waals surface area contributed by atoms with Crippen LogP contribution in [-0.2, 0) is 6.54 Å². The van der Waals surface area contributed by atoms with Gasteiger partial charge in [-0.2, -0.15) is 0 Å². The topological polar surface area (TPSA) is 43.4 Å². The molecule has 100 valence electrons. The third kappa shape index (κ3) is 2.54. The van der Waals surface area contributed by atoms with Gasteiger partial charge in [0.05, 0.1) is 10.7 Å². The van der Waals surface area contributed by atoms with Crippen LogP contribution in [0.2, 0.25) is 5.02 Å². The predicted octanol–water partition coefficient (Wildman–Crippen LogP) is 2.95. The zero-order valence-corrected chi connectivity index (χ0v) is 12.0. The zero-order valence-electron chi connectivity index (χ0n) is 10.4. The molecule has 0 radical (unpaired) electrons. The molecule has 0 saturated carbocycles. The van der Waals surface area contributed by atoms with Crippen LogP contribution in [0, 0.1) is 0 Å². The standard InChI is InChI=1S/C13H13ClN2O2S/c1-15-6-9-7-19-13(16-9)8-4-10(14)12-11(5-8)17-2-3-18-12/h4-5,7,15H,2-3,6H2,1H3. The minimum Gasteiger partial charge on any atom is -0.486 e. The van der Waals surface area contributed by atoms with E-state index in [9.17, 15) is 0 Å². The molecule has 3 rings (SSSR count). The van der Waals surface area contributed by atoms with Gasteiger partial charge in [0, 0.05) is 17.5 Å². The van der Waals surface area contributed by atoms with Crippen molar-refractivity contribution in [3.8, 4) is 22.1 Å². The Morgan fingerprint density at radius 3 is 3.05 bits per heavy atom. The minimum absolute atomic E-state index is 0.537. The monoisotopic (exact) mass is 296 g/mol. The highest BCUT2D eigenvalue weighted by Gasteiger charge is 2.18. The number of nitrogens with one attached hydrogen (secondary N) is 1. The molecule has 4 nitrogen and oxygen atoms in total. The van der Waals surface area contributed by atoms with Crippen LogP contribution in [0.15, 0.2) is 17.5 Å². The van der Waals surface area contributed by atoms with Crippen molar-refractivity contribution in [1.29, 1.82) is 0 Å². The number of hydrogen-bond acceptors (Lipinski definition) is 5. The van der Waals surface area contributed by atoms with Gasteiger partial charge in [0.25, 0.3) is 0 Å². The van der Waals surface area contributed by atoms with Gasteiger partial charge in [-0.05, 0) is 19.2 Å². The highest BCUT2D eigenvalue weighted by Crippen LogP contribution is 2.41. The van der Waals surface area contributed by atoms with Crippen LogP contribution < -0.4 is 14.8 Å². The molecular weight excluding hydrogens is 284 g/mol. The lowest BCUT2D eigenvalue weighted by Gasteiger charge is -2.19. The molecule has 0 amide bonds. The average Bonchev–Trinajstić information content (AvgIpc) is 2.88. The van der Waals surface area contributed by atoms with E-state index in [1.165, 1.54) is 0 Å². The first-order valence-electron chi connectivity index (χ1n) is 5.96. The number of thiazole rings is 1. The summed E-state index contributed by atoms with van der Waals surface area (Å²) in [6.07, 6.45) is 0. The van der Waals surface area contributed by atoms with Gasteiger partial charge < -0.3 is 14.8 Å². The van der Waals surface area contributed by atoms with E-state index >= 15 is 0 Å². The predicted molar refractivity (Wildman–Crippen MR) is 76.3 cm³/mol. The summed E-state index contributed by atoms with van der Waals surface area (Å²) in [6.45, 7) is 1.85. The maximum absolute atomic E-state index is 6.22. The Morgan fingerprint density at radius 2 is 2.21 bits per heavy atom. The van der Waals surface area contributed by atoms with E-state index in [0.717, 1.165) is 22.8 Å². The lowest BCUT2D eigenvalue weighted by atomic mass is 10.2. The Kier molecular flexibility index (Phi) is 3.59. The van der Waals surface area contributed by atoms with Crippen LogP contribution in [-0.4, -0.2) is 25.2 Å². The highest BCUT2D eigenvalue weighted by atomic mass is 35.5. The van der Waals surface area contributed by atoms with Crippen molar-refractivity contribution in [3.63, 3.8) is 0 Å². The molecule has 19 heavy (non-hydrogen) atoms. The zero-order chi connectivity index (χ0) is 13.2. The Morgan fingerprint density at radius 1 is 1.37 bits per heavy atom. The number of nitrogens with zero attached hydrogens (tertiary/aromatic N) is 1. The van der Waals surface area contributed by atoms with Gasteiger partial charge in [0.15, 0.2) is 11.5 Å². The summed E-state index contributed by atoms with van der Waals surface area (Å²) >= 11 is 7.82. The van der Waals surface area contributed by atoms with E-state index in [2.05, 4.69) is 10.3 Å². The van der Waals surface area contributed by atoms with E-state index in [-0.39, 0.29) is 0 Å². The second-order valence-electron chi connectivity index (χ2n) is 4.16. The van der Waals surface area contributed by atoms with E-state index in [1.807, 2.05) is 24.6 Å². The molecule has 1 aromatic carbocycles. The molecule has 0 unspecified atom stereocenters. The van der Waals surface area contributed by atoms with Crippen LogP contribution >= 0.6 is 22.9 Å². The van der Waals surface area contributed by atoms with E-state index in [0.29, 0.717) is 29.7 Å². The summed E-state index contributed by atoms with van der Waals surface area (Å²) in [5.41, 5.74) is 1.98. The number of aromatic nitrogens is 1. The molecule has 1 aliphatic rings. The van der Waals surface area contributed by atoms with Gasteiger partial charge >= 0.3 is 0 Å². The number of hydrogen-bond donors (Lipinski definition) is 1. The molecule has 0 bridgehead atoms. The van der Waals surface area contributed by atoms with Crippen LogP contribution in [0.25, 0.3) is 10.6 Å². The SMILES string of the molecule is CNCc1csc(-c2cc(Cl)c3c(c2)OCCO3)n1. The normalized spacial score (nSPS) is 13.6. The first-order valence-corrected chi connectivity index (χ1v) is 7.22. The van der Waals surface area contributed by atoms with Crippen molar-refractivity contribution < 1.29 is 9.47 Å². The molecule has 1 aliphatic heterocycles. The van der Waals surface area contributed by atoms with Crippen LogP contribution in [0.5, 0.6) is 11.5 Å². The number of halogens is 1. The minimum atomic E-state index is 0.537. The second-order valence-corrected chi connectivity index (χ2v) is 5.42. The van der Waals surface area contributed by atoms with Gasteiger partial charge in [-0.3, -0.25) is 0 Å². The third-order valence-electron chi connectivity index (χ3n) is 2.75. The molecule has 6 heteroatoms. The average molecular weight is 297 g/mol. The summed E-state index contributed by atoms with van der Waals surface area (Å²) in [5, 5.41) is 6.62. The first kappa shape index (κ1) is 12.7. The van der Waals surface area contributed by atoms with Crippen LogP contribution in [0.1, 0.15) is 5.69 Å². The number of rotatable bonds is 3. The maximum atomic E-state index is 6.22. The Labute approximate surface area is 120 Å². The molecule has 0 atom stereocenters. The number of ether oxygens (including phenoxy) is 2. The lowest BCUT2D eigenvalue weighted by molar-refractivity contribution is 0.172. The smallest absolute Gasteiger partial charge is 0.179 e. The molecule has 0 saturated heterocycles. The van der Waals surface area contributed by atoms with Crippen molar-refractivity contribution in [1.82, 2.24) is 10.3 Å². The molecule has 0 fully saturated rings. The molecule has 0 spiro atoms. The van der Waals surface area contributed by atoms with Crippen LogP contribution in [0.4, 0.5) is 0 Å². The van der Waals surface area contributed by atoms with Crippen LogP contribution in [0.3, 0.4) is 0 Å². The fourth-order valence-electron chi connectivity index (χ4n) is 1.94. The summed E-state index contributed by atoms with van der Waals surface area (Å²) in [4.78, 5) is 4.56. The molecule has 2 aromatic rings. The van der Waals surface area contributed by atoms with E-state index < -0.39 is 0 Å². The second kappa shape index (κ2) is 5.36. The summed E-state index contributed by atoms with van der Waals surface area (Å²) in [6, 6.07) is 3.80. The van der Waals surface area contributed by atoms with Gasteiger partial charge in [-0.25, -0.2) is 4.98 Å². The van der Waals surface area contributed by atoms with Crippen molar-refractivity contribution >= 4 is 22.9 Å². The molecule has 1 aromatic heterocycles. The van der Waals surface area contributed by atoms with Crippen molar-refractivity contribution in [2.75, 3.05) is 20.3 Å². The fraction of sp³-hybridized carbons (Fsp3) is 0.308. The van der Waals surface area contributed by atoms with Crippen molar-refractivity contribution in [3.05, 3.63) is 28.2 Å². The third-order valence-corrected chi connectivity index (χ3v) is 3.97. The van der Waals surface area contributed by atoms with Gasteiger partial charge in [-0.15, -0.1) is 11.3 Å². The van der Waals surface area contributed by atoms with E-state index in [1.54, 1.807) is 11.3 Å². The summed E-state index contributed by atoms with van der Waals surface area (Å²) < 4.78 is 11.1. The first-order chi connectivity index (χ1) is 9.28. The quantitative estimate of drug-likeness (QED) is 0.946. The maximum Gasteiger partial charge on any atom is 0.179 e.